The molecule has 0 atom stereocenters. The number of carbonyl (C=O) groups is 1. The normalized spacial score (nSPS) is 13.7. The van der Waals surface area contributed by atoms with E-state index in [1.807, 2.05) is 41.8 Å². The van der Waals surface area contributed by atoms with Crippen LogP contribution in [0.25, 0.3) is 0 Å². The maximum atomic E-state index is 12.5. The van der Waals surface area contributed by atoms with E-state index < -0.39 is 0 Å². The Bertz CT molecular complexity index is 996. The number of hydrogen-bond acceptors (Lipinski definition) is 7. The fraction of sp³-hybridized carbons (Fsp3) is 0.304. The van der Waals surface area contributed by atoms with Gasteiger partial charge in [-0.25, -0.2) is 4.98 Å². The third-order valence-electron chi connectivity index (χ3n) is 5.32. The van der Waals surface area contributed by atoms with Crippen LogP contribution in [-0.4, -0.2) is 51.3 Å². The van der Waals surface area contributed by atoms with Crippen LogP contribution in [-0.2, 0) is 6.54 Å². The number of carbonyl (C=O) groups excluding carboxylic acids is 1. The first-order valence-corrected chi connectivity index (χ1v) is 11.0. The van der Waals surface area contributed by atoms with Crippen molar-refractivity contribution in [2.75, 3.05) is 50.2 Å². The summed E-state index contributed by atoms with van der Waals surface area (Å²) in [5, 5.41) is 5.65. The summed E-state index contributed by atoms with van der Waals surface area (Å²) in [6.07, 6.45) is 0. The topological polar surface area (TPSA) is 66.9 Å². The average molecular weight is 439 g/mol. The molecule has 0 aliphatic carbocycles. The van der Waals surface area contributed by atoms with Crippen molar-refractivity contribution in [3.05, 3.63) is 65.2 Å². The number of nitrogens with one attached hydrogen (secondary N) is 1. The van der Waals surface area contributed by atoms with Gasteiger partial charge in [0.05, 0.1) is 14.2 Å². The highest BCUT2D eigenvalue weighted by atomic mass is 32.1. The molecule has 31 heavy (non-hydrogen) atoms. The first kappa shape index (κ1) is 21.0. The van der Waals surface area contributed by atoms with Crippen molar-refractivity contribution >= 4 is 28.1 Å². The summed E-state index contributed by atoms with van der Waals surface area (Å²) in [6, 6.07) is 15.8. The molecular formula is C23H26N4O3S. The van der Waals surface area contributed by atoms with Gasteiger partial charge in [0.15, 0.2) is 5.13 Å². The van der Waals surface area contributed by atoms with Gasteiger partial charge in [0.1, 0.15) is 17.2 Å². The number of amides is 1. The van der Waals surface area contributed by atoms with Crippen molar-refractivity contribution in [2.24, 2.45) is 0 Å². The van der Waals surface area contributed by atoms with Gasteiger partial charge in [-0.15, -0.1) is 11.3 Å². The largest absolute Gasteiger partial charge is 0.497 e. The summed E-state index contributed by atoms with van der Waals surface area (Å²) in [7, 11) is 3.31. The lowest BCUT2D eigenvalue weighted by Crippen LogP contribution is -2.46. The number of benzene rings is 2. The molecular weight excluding hydrogens is 412 g/mol. The van der Waals surface area contributed by atoms with Crippen molar-refractivity contribution < 1.29 is 14.3 Å². The van der Waals surface area contributed by atoms with Gasteiger partial charge in [-0.1, -0.05) is 12.1 Å². The number of ether oxygens (including phenoxy) is 2. The zero-order chi connectivity index (χ0) is 21.6. The van der Waals surface area contributed by atoms with E-state index in [2.05, 4.69) is 32.2 Å². The lowest BCUT2D eigenvalue weighted by atomic mass is 10.2. The number of hydrogen-bond donors (Lipinski definition) is 1. The number of nitrogens with zero attached hydrogens (tertiary/aromatic N) is 3. The summed E-state index contributed by atoms with van der Waals surface area (Å²) in [5.41, 5.74) is 2.67. The van der Waals surface area contributed by atoms with Crippen LogP contribution in [0.2, 0.25) is 0 Å². The highest BCUT2D eigenvalue weighted by Gasteiger charge is 2.21. The molecule has 1 aliphatic heterocycles. The predicted molar refractivity (Wildman–Crippen MR) is 124 cm³/mol. The van der Waals surface area contributed by atoms with Gasteiger partial charge >= 0.3 is 0 Å². The van der Waals surface area contributed by atoms with Crippen molar-refractivity contribution in [1.82, 2.24) is 10.3 Å². The molecule has 1 aromatic heterocycles. The fourth-order valence-electron chi connectivity index (χ4n) is 3.48. The Balaban J connectivity index is 1.29. The van der Waals surface area contributed by atoms with Crippen LogP contribution in [0, 0.1) is 0 Å². The number of anilines is 2. The van der Waals surface area contributed by atoms with E-state index in [1.165, 1.54) is 17.0 Å². The van der Waals surface area contributed by atoms with Crippen molar-refractivity contribution in [3.63, 3.8) is 0 Å². The molecule has 4 rings (SSSR count). The van der Waals surface area contributed by atoms with Gasteiger partial charge in [-0.05, 0) is 42.0 Å². The quantitative estimate of drug-likeness (QED) is 0.610. The number of thiazole rings is 1. The SMILES string of the molecule is COc1ccc(CNC(=O)c2csc(N3CCN(c4ccc(OC)cc4)CC3)n2)cc1. The van der Waals surface area contributed by atoms with E-state index >= 15 is 0 Å². The third kappa shape index (κ3) is 5.08. The van der Waals surface area contributed by atoms with Crippen LogP contribution >= 0.6 is 11.3 Å². The minimum absolute atomic E-state index is 0.157. The van der Waals surface area contributed by atoms with Crippen LogP contribution in [0.3, 0.4) is 0 Å². The highest BCUT2D eigenvalue weighted by Crippen LogP contribution is 2.25. The average Bonchev–Trinajstić information content (AvgIpc) is 3.33. The summed E-state index contributed by atoms with van der Waals surface area (Å²) < 4.78 is 10.4. The zero-order valence-electron chi connectivity index (χ0n) is 17.7. The van der Waals surface area contributed by atoms with Crippen LogP contribution in [0.4, 0.5) is 10.8 Å². The van der Waals surface area contributed by atoms with Crippen molar-refractivity contribution in [2.45, 2.75) is 6.54 Å². The maximum Gasteiger partial charge on any atom is 0.271 e. The molecule has 8 heteroatoms. The molecule has 1 aliphatic rings. The highest BCUT2D eigenvalue weighted by molar-refractivity contribution is 7.13. The fourth-order valence-corrected chi connectivity index (χ4v) is 4.34. The molecule has 2 heterocycles. The van der Waals surface area contributed by atoms with E-state index in [9.17, 15) is 4.79 Å². The molecule has 0 saturated carbocycles. The minimum Gasteiger partial charge on any atom is -0.497 e. The Morgan fingerprint density at radius 1 is 0.935 bits per heavy atom. The van der Waals surface area contributed by atoms with E-state index in [-0.39, 0.29) is 5.91 Å². The number of piperazine rings is 1. The summed E-state index contributed by atoms with van der Waals surface area (Å²) >= 11 is 1.52. The van der Waals surface area contributed by atoms with E-state index in [1.54, 1.807) is 14.2 Å². The standard InChI is InChI=1S/C23H26N4O3S/c1-29-19-7-3-17(4-8-19)15-24-22(28)21-16-31-23(25-21)27-13-11-26(12-14-27)18-5-9-20(30-2)10-6-18/h3-10,16H,11-15H2,1-2H3,(H,24,28). The maximum absolute atomic E-state index is 12.5. The molecule has 0 unspecified atom stereocenters. The van der Waals surface area contributed by atoms with Crippen LogP contribution < -0.4 is 24.6 Å². The minimum atomic E-state index is -0.157. The van der Waals surface area contributed by atoms with E-state index in [0.29, 0.717) is 12.2 Å². The number of methoxy groups -OCH3 is 2. The van der Waals surface area contributed by atoms with Crippen LogP contribution in [0.5, 0.6) is 11.5 Å². The summed E-state index contributed by atoms with van der Waals surface area (Å²) in [5.74, 6) is 1.50. The molecule has 162 valence electrons. The molecule has 1 fully saturated rings. The lowest BCUT2D eigenvalue weighted by molar-refractivity contribution is 0.0946. The Hall–Kier alpha value is -3.26. The van der Waals surface area contributed by atoms with Gasteiger partial charge in [-0.2, -0.15) is 0 Å². The Kier molecular flexibility index (Phi) is 6.57. The molecule has 3 aromatic rings. The molecule has 0 bridgehead atoms. The Morgan fingerprint density at radius 3 is 2.13 bits per heavy atom. The van der Waals surface area contributed by atoms with Gasteiger partial charge in [0, 0.05) is 43.8 Å². The summed E-state index contributed by atoms with van der Waals surface area (Å²) in [6.45, 7) is 4.00. The molecule has 1 N–H and O–H groups in total. The van der Waals surface area contributed by atoms with Crippen LogP contribution in [0.1, 0.15) is 16.1 Å². The van der Waals surface area contributed by atoms with Gasteiger partial charge < -0.3 is 24.6 Å². The molecule has 1 amide bonds. The summed E-state index contributed by atoms with van der Waals surface area (Å²) in [4.78, 5) is 21.7. The van der Waals surface area contributed by atoms with Crippen molar-refractivity contribution in [1.29, 1.82) is 0 Å². The number of aromatic nitrogens is 1. The van der Waals surface area contributed by atoms with E-state index in [0.717, 1.165) is 48.4 Å². The molecule has 7 nitrogen and oxygen atoms in total. The second-order valence-electron chi connectivity index (χ2n) is 7.22. The van der Waals surface area contributed by atoms with Gasteiger partial charge in [0.2, 0.25) is 0 Å². The lowest BCUT2D eigenvalue weighted by Gasteiger charge is -2.36. The molecule has 0 radical (unpaired) electrons. The molecule has 2 aromatic carbocycles. The van der Waals surface area contributed by atoms with Crippen molar-refractivity contribution in [3.8, 4) is 11.5 Å². The molecule has 0 spiro atoms. The predicted octanol–water partition coefficient (Wildman–Crippen LogP) is 3.42. The number of rotatable bonds is 7. The molecule has 1 saturated heterocycles. The first-order valence-electron chi connectivity index (χ1n) is 10.2. The van der Waals surface area contributed by atoms with Crippen LogP contribution in [0.15, 0.2) is 53.9 Å². The Labute approximate surface area is 186 Å². The zero-order valence-corrected chi connectivity index (χ0v) is 18.5. The smallest absolute Gasteiger partial charge is 0.271 e. The van der Waals surface area contributed by atoms with Gasteiger partial charge in [-0.3, -0.25) is 4.79 Å². The second kappa shape index (κ2) is 9.70. The first-order chi connectivity index (χ1) is 15.2. The van der Waals surface area contributed by atoms with E-state index in [4.69, 9.17) is 9.47 Å². The van der Waals surface area contributed by atoms with Gasteiger partial charge in [0.25, 0.3) is 5.91 Å². The monoisotopic (exact) mass is 438 g/mol. The third-order valence-corrected chi connectivity index (χ3v) is 6.23. The second-order valence-corrected chi connectivity index (χ2v) is 8.05. The Morgan fingerprint density at radius 2 is 1.52 bits per heavy atom.